The standard InChI is InChI=1S/C12H15N5O/c1-4-12(2,3)13-7-10(18)9-5-6-11-14-15-16-17(11)8-9/h1,5-6,8,10,13,18H,7H2,2-3H3. The molecule has 2 heterocycles. The van der Waals surface area contributed by atoms with E-state index in [9.17, 15) is 5.11 Å². The summed E-state index contributed by atoms with van der Waals surface area (Å²) in [5.74, 6) is 2.61. The van der Waals surface area contributed by atoms with E-state index in [0.29, 0.717) is 12.2 Å². The van der Waals surface area contributed by atoms with Crippen molar-refractivity contribution in [2.24, 2.45) is 0 Å². The molecule has 18 heavy (non-hydrogen) atoms. The first-order valence-corrected chi connectivity index (χ1v) is 5.60. The van der Waals surface area contributed by atoms with Crippen LogP contribution in [0.5, 0.6) is 0 Å². The second-order valence-electron chi connectivity index (χ2n) is 4.61. The number of hydrogen-bond donors (Lipinski definition) is 2. The van der Waals surface area contributed by atoms with Crippen LogP contribution in [0.4, 0.5) is 0 Å². The topological polar surface area (TPSA) is 75.3 Å². The molecule has 0 bridgehead atoms. The molecule has 0 aliphatic heterocycles. The number of pyridine rings is 1. The fraction of sp³-hybridized carbons (Fsp3) is 0.417. The van der Waals surface area contributed by atoms with Crippen LogP contribution in [0.1, 0.15) is 25.5 Å². The summed E-state index contributed by atoms with van der Waals surface area (Å²) in [5, 5.41) is 24.3. The van der Waals surface area contributed by atoms with Crippen molar-refractivity contribution in [3.8, 4) is 12.3 Å². The van der Waals surface area contributed by atoms with Crippen molar-refractivity contribution in [1.29, 1.82) is 0 Å². The molecular weight excluding hydrogens is 230 g/mol. The first kappa shape index (κ1) is 12.5. The van der Waals surface area contributed by atoms with Crippen LogP contribution in [-0.4, -0.2) is 37.2 Å². The SMILES string of the molecule is C#CC(C)(C)NCC(O)c1ccc2nnnn2c1. The molecular formula is C12H15N5O. The lowest BCUT2D eigenvalue weighted by Crippen LogP contribution is -2.40. The average Bonchev–Trinajstić information content (AvgIpc) is 2.83. The molecule has 0 aliphatic carbocycles. The molecule has 0 saturated carbocycles. The minimum Gasteiger partial charge on any atom is -0.387 e. The maximum atomic E-state index is 10.1. The highest BCUT2D eigenvalue weighted by Crippen LogP contribution is 2.13. The summed E-state index contributed by atoms with van der Waals surface area (Å²) in [6, 6.07) is 3.55. The quantitative estimate of drug-likeness (QED) is 0.750. The molecule has 0 fully saturated rings. The van der Waals surface area contributed by atoms with Gasteiger partial charge in [0.2, 0.25) is 0 Å². The molecule has 2 N–H and O–H groups in total. The van der Waals surface area contributed by atoms with Gasteiger partial charge >= 0.3 is 0 Å². The fourth-order valence-electron chi connectivity index (χ4n) is 1.48. The molecule has 2 rings (SSSR count). The van der Waals surface area contributed by atoms with E-state index < -0.39 is 11.6 Å². The smallest absolute Gasteiger partial charge is 0.179 e. The van der Waals surface area contributed by atoms with Crippen molar-refractivity contribution in [1.82, 2.24) is 25.4 Å². The van der Waals surface area contributed by atoms with Crippen molar-refractivity contribution < 1.29 is 5.11 Å². The Kier molecular flexibility index (Phi) is 3.28. The Morgan fingerprint density at radius 1 is 1.56 bits per heavy atom. The molecule has 0 aromatic carbocycles. The van der Waals surface area contributed by atoms with Crippen LogP contribution in [0.3, 0.4) is 0 Å². The van der Waals surface area contributed by atoms with Crippen LogP contribution in [0, 0.1) is 12.3 Å². The highest BCUT2D eigenvalue weighted by atomic mass is 16.3. The van der Waals surface area contributed by atoms with Crippen LogP contribution in [0.25, 0.3) is 5.65 Å². The molecule has 94 valence electrons. The summed E-state index contributed by atoms with van der Waals surface area (Å²) < 4.78 is 1.52. The monoisotopic (exact) mass is 245 g/mol. The number of nitrogens with one attached hydrogen (secondary N) is 1. The Hall–Kier alpha value is -1.97. The summed E-state index contributed by atoms with van der Waals surface area (Å²) in [6.45, 7) is 4.12. The van der Waals surface area contributed by atoms with Gasteiger partial charge in [-0.1, -0.05) is 12.0 Å². The van der Waals surface area contributed by atoms with Crippen molar-refractivity contribution in [3.05, 3.63) is 23.9 Å². The number of nitrogens with zero attached hydrogens (tertiary/aromatic N) is 4. The third kappa shape index (κ3) is 2.64. The second kappa shape index (κ2) is 4.72. The van der Waals surface area contributed by atoms with Gasteiger partial charge in [0, 0.05) is 18.3 Å². The third-order valence-corrected chi connectivity index (χ3v) is 2.70. The van der Waals surface area contributed by atoms with Crippen LogP contribution in [0.15, 0.2) is 18.3 Å². The molecule has 0 saturated heterocycles. The van der Waals surface area contributed by atoms with Gasteiger partial charge < -0.3 is 5.11 Å². The van der Waals surface area contributed by atoms with Gasteiger partial charge in [0.15, 0.2) is 5.65 Å². The van der Waals surface area contributed by atoms with E-state index in [1.807, 2.05) is 13.8 Å². The number of rotatable bonds is 4. The van der Waals surface area contributed by atoms with E-state index in [-0.39, 0.29) is 0 Å². The zero-order chi connectivity index (χ0) is 13.2. The van der Waals surface area contributed by atoms with Gasteiger partial charge in [0.25, 0.3) is 0 Å². The van der Waals surface area contributed by atoms with Crippen LogP contribution < -0.4 is 5.32 Å². The zero-order valence-electron chi connectivity index (χ0n) is 10.3. The van der Waals surface area contributed by atoms with Crippen molar-refractivity contribution >= 4 is 5.65 Å². The average molecular weight is 245 g/mol. The van der Waals surface area contributed by atoms with Gasteiger partial charge in [-0.2, -0.15) is 0 Å². The first-order chi connectivity index (χ1) is 8.52. The normalized spacial score (nSPS) is 13.4. The minimum atomic E-state index is -0.661. The lowest BCUT2D eigenvalue weighted by atomic mass is 10.1. The summed E-state index contributed by atoms with van der Waals surface area (Å²) in [7, 11) is 0. The molecule has 2 aromatic rings. The summed E-state index contributed by atoms with van der Waals surface area (Å²) in [6.07, 6.45) is 6.40. The fourth-order valence-corrected chi connectivity index (χ4v) is 1.48. The molecule has 0 radical (unpaired) electrons. The number of aromatic nitrogens is 4. The molecule has 0 spiro atoms. The second-order valence-corrected chi connectivity index (χ2v) is 4.61. The van der Waals surface area contributed by atoms with E-state index in [1.54, 1.807) is 18.3 Å². The lowest BCUT2D eigenvalue weighted by molar-refractivity contribution is 0.166. The van der Waals surface area contributed by atoms with Crippen LogP contribution in [-0.2, 0) is 0 Å². The predicted octanol–water partition coefficient (Wildman–Crippen LogP) is 0.159. The minimum absolute atomic E-state index is 0.366. The van der Waals surface area contributed by atoms with Crippen LogP contribution in [0.2, 0.25) is 0 Å². The Bertz CT molecular complexity index is 583. The van der Waals surface area contributed by atoms with E-state index in [2.05, 4.69) is 26.8 Å². The summed E-state index contributed by atoms with van der Waals surface area (Å²) >= 11 is 0. The molecule has 0 aliphatic rings. The van der Waals surface area contributed by atoms with Crippen LogP contribution >= 0.6 is 0 Å². The van der Waals surface area contributed by atoms with Gasteiger partial charge in [0.05, 0.1) is 11.6 Å². The maximum absolute atomic E-state index is 10.1. The highest BCUT2D eigenvalue weighted by molar-refractivity contribution is 5.36. The molecule has 0 amide bonds. The molecule has 6 heteroatoms. The number of terminal acetylenes is 1. The van der Waals surface area contributed by atoms with Crippen molar-refractivity contribution in [2.45, 2.75) is 25.5 Å². The predicted molar refractivity (Wildman–Crippen MR) is 66.7 cm³/mol. The summed E-state index contributed by atoms with van der Waals surface area (Å²) in [4.78, 5) is 0. The van der Waals surface area contributed by atoms with E-state index in [1.165, 1.54) is 4.52 Å². The van der Waals surface area contributed by atoms with Gasteiger partial charge in [-0.3, -0.25) is 5.32 Å². The first-order valence-electron chi connectivity index (χ1n) is 5.60. The van der Waals surface area contributed by atoms with Gasteiger partial charge in [-0.15, -0.1) is 11.5 Å². The van der Waals surface area contributed by atoms with Gasteiger partial charge in [-0.25, -0.2) is 4.52 Å². The number of aliphatic hydroxyl groups excluding tert-OH is 1. The molecule has 2 aromatic heterocycles. The number of tetrazole rings is 1. The molecule has 1 atom stereocenters. The van der Waals surface area contributed by atoms with Gasteiger partial charge in [-0.05, 0) is 30.3 Å². The van der Waals surface area contributed by atoms with E-state index in [0.717, 1.165) is 5.56 Å². The largest absolute Gasteiger partial charge is 0.387 e. The Morgan fingerprint density at radius 2 is 2.33 bits per heavy atom. The zero-order valence-corrected chi connectivity index (χ0v) is 10.3. The molecule has 6 nitrogen and oxygen atoms in total. The van der Waals surface area contributed by atoms with E-state index in [4.69, 9.17) is 6.42 Å². The highest BCUT2D eigenvalue weighted by Gasteiger charge is 2.16. The Morgan fingerprint density at radius 3 is 3.06 bits per heavy atom. The number of hydrogen-bond acceptors (Lipinski definition) is 5. The van der Waals surface area contributed by atoms with E-state index >= 15 is 0 Å². The third-order valence-electron chi connectivity index (χ3n) is 2.70. The summed E-state index contributed by atoms with van der Waals surface area (Å²) in [5.41, 5.74) is 0.929. The number of aliphatic hydroxyl groups is 1. The maximum Gasteiger partial charge on any atom is 0.179 e. The Balaban J connectivity index is 2.09. The van der Waals surface area contributed by atoms with Crippen molar-refractivity contribution in [2.75, 3.05) is 6.54 Å². The molecule has 1 unspecified atom stereocenters. The van der Waals surface area contributed by atoms with Gasteiger partial charge in [0.1, 0.15) is 0 Å². The number of fused-ring (bicyclic) bond motifs is 1. The number of β-amino-alcohol motifs (C(OH)–C–C–N with tert-alkyl or cyclic N) is 1. The van der Waals surface area contributed by atoms with Crippen molar-refractivity contribution in [3.63, 3.8) is 0 Å². The Labute approximate surface area is 105 Å². The lowest BCUT2D eigenvalue weighted by Gasteiger charge is -2.22.